The van der Waals surface area contributed by atoms with E-state index in [9.17, 15) is 4.79 Å². The highest BCUT2D eigenvalue weighted by molar-refractivity contribution is 5.95. The van der Waals surface area contributed by atoms with Crippen LogP contribution >= 0.6 is 0 Å². The van der Waals surface area contributed by atoms with Gasteiger partial charge in [0.2, 0.25) is 0 Å². The van der Waals surface area contributed by atoms with Crippen molar-refractivity contribution in [1.29, 1.82) is 0 Å². The van der Waals surface area contributed by atoms with E-state index < -0.39 is 0 Å². The molecular weight excluding hydrogens is 230 g/mol. The number of aryl methyl sites for hydroxylation is 1. The summed E-state index contributed by atoms with van der Waals surface area (Å²) in [7, 11) is 0. The van der Waals surface area contributed by atoms with E-state index in [0.29, 0.717) is 24.5 Å². The van der Waals surface area contributed by atoms with E-state index in [4.69, 9.17) is 10.5 Å². The normalized spacial score (nSPS) is 24.1. The van der Waals surface area contributed by atoms with Crippen LogP contribution in [-0.4, -0.2) is 41.1 Å². The SMILES string of the molecule is Cc1cc(C(=O)N2CC(C)OC(C)C2)cc(N)n1. The van der Waals surface area contributed by atoms with Gasteiger partial charge in [0.1, 0.15) is 5.82 Å². The number of amides is 1. The zero-order valence-electron chi connectivity index (χ0n) is 11.0. The molecule has 1 aliphatic rings. The van der Waals surface area contributed by atoms with Crippen molar-refractivity contribution < 1.29 is 9.53 Å². The molecule has 0 aliphatic carbocycles. The maximum Gasteiger partial charge on any atom is 0.254 e. The number of aromatic nitrogens is 1. The van der Waals surface area contributed by atoms with Gasteiger partial charge in [-0.15, -0.1) is 0 Å². The summed E-state index contributed by atoms with van der Waals surface area (Å²) in [5.74, 6) is 0.377. The third-order valence-corrected chi connectivity index (χ3v) is 2.93. The average Bonchev–Trinajstić information content (AvgIpc) is 2.25. The lowest BCUT2D eigenvalue weighted by molar-refractivity contribution is -0.0586. The van der Waals surface area contributed by atoms with Crippen molar-refractivity contribution in [1.82, 2.24) is 9.88 Å². The van der Waals surface area contributed by atoms with Gasteiger partial charge in [0, 0.05) is 24.3 Å². The molecule has 0 spiro atoms. The molecule has 98 valence electrons. The van der Waals surface area contributed by atoms with Crippen LogP contribution in [0, 0.1) is 6.92 Å². The van der Waals surface area contributed by atoms with E-state index in [0.717, 1.165) is 5.69 Å². The summed E-state index contributed by atoms with van der Waals surface area (Å²) >= 11 is 0. The van der Waals surface area contributed by atoms with Crippen molar-refractivity contribution in [2.24, 2.45) is 0 Å². The molecule has 0 radical (unpaired) electrons. The second-order valence-electron chi connectivity index (χ2n) is 4.89. The summed E-state index contributed by atoms with van der Waals surface area (Å²) in [6, 6.07) is 3.39. The van der Waals surface area contributed by atoms with E-state index in [2.05, 4.69) is 4.98 Å². The van der Waals surface area contributed by atoms with Crippen LogP contribution in [0.3, 0.4) is 0 Å². The van der Waals surface area contributed by atoms with Gasteiger partial charge in [-0.05, 0) is 32.9 Å². The second kappa shape index (κ2) is 4.94. The van der Waals surface area contributed by atoms with Crippen LogP contribution in [0.25, 0.3) is 0 Å². The fourth-order valence-electron chi connectivity index (χ4n) is 2.34. The number of rotatable bonds is 1. The molecular formula is C13H19N3O2. The molecule has 1 aromatic rings. The lowest BCUT2D eigenvalue weighted by atomic mass is 10.1. The van der Waals surface area contributed by atoms with Gasteiger partial charge >= 0.3 is 0 Å². The Morgan fingerprint density at radius 1 is 1.39 bits per heavy atom. The van der Waals surface area contributed by atoms with Crippen molar-refractivity contribution in [3.05, 3.63) is 23.4 Å². The van der Waals surface area contributed by atoms with E-state index in [1.165, 1.54) is 0 Å². The first kappa shape index (κ1) is 12.8. The number of ether oxygens (including phenoxy) is 1. The smallest absolute Gasteiger partial charge is 0.254 e. The topological polar surface area (TPSA) is 68.5 Å². The van der Waals surface area contributed by atoms with Crippen LogP contribution in [-0.2, 0) is 4.74 Å². The molecule has 1 saturated heterocycles. The molecule has 2 N–H and O–H groups in total. The number of nitrogen functional groups attached to an aromatic ring is 1. The number of carbonyl (C=O) groups is 1. The van der Waals surface area contributed by atoms with Crippen molar-refractivity contribution in [3.63, 3.8) is 0 Å². The molecule has 0 aromatic carbocycles. The average molecular weight is 249 g/mol. The van der Waals surface area contributed by atoms with Crippen LogP contribution in [0.15, 0.2) is 12.1 Å². The number of hydrogen-bond donors (Lipinski definition) is 1. The summed E-state index contributed by atoms with van der Waals surface area (Å²) in [5, 5.41) is 0. The Morgan fingerprint density at radius 2 is 2.00 bits per heavy atom. The third kappa shape index (κ3) is 2.79. The molecule has 1 fully saturated rings. The van der Waals surface area contributed by atoms with Crippen LogP contribution in [0.4, 0.5) is 5.82 Å². The Kier molecular flexibility index (Phi) is 3.52. The quantitative estimate of drug-likeness (QED) is 0.812. The molecule has 2 heterocycles. The monoisotopic (exact) mass is 249 g/mol. The lowest BCUT2D eigenvalue weighted by Gasteiger charge is -2.35. The number of anilines is 1. The molecule has 5 nitrogen and oxygen atoms in total. The fourth-order valence-corrected chi connectivity index (χ4v) is 2.34. The van der Waals surface area contributed by atoms with Gasteiger partial charge < -0.3 is 15.4 Å². The minimum atomic E-state index is -0.00537. The van der Waals surface area contributed by atoms with Crippen molar-refractivity contribution in [2.45, 2.75) is 33.0 Å². The number of morpholine rings is 1. The predicted octanol–water partition coefficient (Wildman–Crippen LogP) is 1.22. The Morgan fingerprint density at radius 3 is 2.56 bits per heavy atom. The Bertz CT molecular complexity index is 431. The summed E-state index contributed by atoms with van der Waals surface area (Å²) in [6.45, 7) is 7.01. The first-order chi connectivity index (χ1) is 8.45. The van der Waals surface area contributed by atoms with E-state index >= 15 is 0 Å². The summed E-state index contributed by atoms with van der Waals surface area (Å²) in [6.07, 6.45) is 0.135. The van der Waals surface area contributed by atoms with Crippen molar-refractivity contribution in [3.8, 4) is 0 Å². The number of nitrogens with zero attached hydrogens (tertiary/aromatic N) is 2. The van der Waals surface area contributed by atoms with Gasteiger partial charge in [-0.1, -0.05) is 0 Å². The van der Waals surface area contributed by atoms with Gasteiger partial charge in [0.15, 0.2) is 0 Å². The number of hydrogen-bond acceptors (Lipinski definition) is 4. The zero-order valence-corrected chi connectivity index (χ0v) is 11.0. The highest BCUT2D eigenvalue weighted by atomic mass is 16.5. The van der Waals surface area contributed by atoms with Crippen LogP contribution < -0.4 is 5.73 Å². The van der Waals surface area contributed by atoms with Gasteiger partial charge in [-0.3, -0.25) is 4.79 Å². The lowest BCUT2D eigenvalue weighted by Crippen LogP contribution is -2.48. The molecule has 18 heavy (non-hydrogen) atoms. The minimum Gasteiger partial charge on any atom is -0.384 e. The maximum absolute atomic E-state index is 12.4. The molecule has 0 saturated carbocycles. The summed E-state index contributed by atoms with van der Waals surface area (Å²) in [4.78, 5) is 18.3. The zero-order chi connectivity index (χ0) is 13.3. The first-order valence-electron chi connectivity index (χ1n) is 6.14. The summed E-state index contributed by atoms with van der Waals surface area (Å²) in [5.41, 5.74) is 7.03. The molecule has 2 rings (SSSR count). The molecule has 0 bridgehead atoms. The molecule has 1 aliphatic heterocycles. The standard InChI is InChI=1S/C13H19N3O2/c1-8-4-11(5-12(14)15-8)13(17)16-6-9(2)18-10(3)7-16/h4-5,9-10H,6-7H2,1-3H3,(H2,14,15). The molecule has 1 aromatic heterocycles. The van der Waals surface area contributed by atoms with Crippen molar-refractivity contribution in [2.75, 3.05) is 18.8 Å². The number of nitrogens with two attached hydrogens (primary N) is 1. The largest absolute Gasteiger partial charge is 0.384 e. The Hall–Kier alpha value is -1.62. The highest BCUT2D eigenvalue weighted by Crippen LogP contribution is 2.16. The fraction of sp³-hybridized carbons (Fsp3) is 0.538. The molecule has 1 amide bonds. The van der Waals surface area contributed by atoms with Gasteiger partial charge in [-0.25, -0.2) is 4.98 Å². The van der Waals surface area contributed by atoms with Crippen LogP contribution in [0.2, 0.25) is 0 Å². The maximum atomic E-state index is 12.4. The van der Waals surface area contributed by atoms with Gasteiger partial charge in [0.25, 0.3) is 5.91 Å². The van der Waals surface area contributed by atoms with Crippen LogP contribution in [0.1, 0.15) is 29.9 Å². The van der Waals surface area contributed by atoms with E-state index in [1.807, 2.05) is 25.7 Å². The van der Waals surface area contributed by atoms with Crippen molar-refractivity contribution >= 4 is 11.7 Å². The number of pyridine rings is 1. The first-order valence-corrected chi connectivity index (χ1v) is 6.14. The highest BCUT2D eigenvalue weighted by Gasteiger charge is 2.26. The molecule has 2 atom stereocenters. The second-order valence-corrected chi connectivity index (χ2v) is 4.89. The Balaban J connectivity index is 2.20. The van der Waals surface area contributed by atoms with E-state index in [-0.39, 0.29) is 18.1 Å². The minimum absolute atomic E-state index is 0.00537. The van der Waals surface area contributed by atoms with Crippen LogP contribution in [0.5, 0.6) is 0 Å². The number of carbonyl (C=O) groups excluding carboxylic acids is 1. The van der Waals surface area contributed by atoms with E-state index in [1.54, 1.807) is 12.1 Å². The third-order valence-electron chi connectivity index (χ3n) is 2.93. The Labute approximate surface area is 107 Å². The predicted molar refractivity (Wildman–Crippen MR) is 69.3 cm³/mol. The van der Waals surface area contributed by atoms with Gasteiger partial charge in [0.05, 0.1) is 12.2 Å². The molecule has 5 heteroatoms. The van der Waals surface area contributed by atoms with Gasteiger partial charge in [-0.2, -0.15) is 0 Å². The summed E-state index contributed by atoms with van der Waals surface area (Å²) < 4.78 is 5.62. The molecule has 2 unspecified atom stereocenters.